The van der Waals surface area contributed by atoms with Crippen molar-refractivity contribution in [1.29, 1.82) is 0 Å². The molecule has 1 nitrogen and oxygen atoms in total. The highest BCUT2D eigenvalue weighted by molar-refractivity contribution is 5.61. The van der Waals surface area contributed by atoms with Crippen molar-refractivity contribution in [3.05, 3.63) is 41.0 Å². The van der Waals surface area contributed by atoms with Crippen molar-refractivity contribution in [3.63, 3.8) is 0 Å². The van der Waals surface area contributed by atoms with Gasteiger partial charge in [-0.15, -0.1) is 0 Å². The Kier molecular flexibility index (Phi) is 2.95. The van der Waals surface area contributed by atoms with Crippen molar-refractivity contribution < 1.29 is 13.5 Å². The Hall–Kier alpha value is -1.38. The van der Waals surface area contributed by atoms with Crippen LogP contribution in [0.1, 0.15) is 24.5 Å². The van der Waals surface area contributed by atoms with Gasteiger partial charge in [0.05, 0.1) is 12.2 Å². The number of benzene rings is 1. The summed E-state index contributed by atoms with van der Waals surface area (Å²) in [6, 6.07) is 3.13. The smallest absolute Gasteiger partial charge is 0.170 e. The van der Waals surface area contributed by atoms with Crippen molar-refractivity contribution in [2.24, 2.45) is 5.92 Å². The van der Waals surface area contributed by atoms with Crippen LogP contribution in [0.3, 0.4) is 0 Å². The van der Waals surface area contributed by atoms with Crippen LogP contribution < -0.4 is 0 Å². The van der Waals surface area contributed by atoms with Gasteiger partial charge in [-0.25, -0.2) is 8.78 Å². The molecule has 0 spiro atoms. The van der Waals surface area contributed by atoms with E-state index in [1.165, 1.54) is 0 Å². The number of ether oxygens (including phenoxy) is 1. The highest BCUT2D eigenvalue weighted by Crippen LogP contribution is 2.28. The van der Waals surface area contributed by atoms with E-state index in [-0.39, 0.29) is 5.56 Å². The molecule has 86 valence electrons. The molecule has 1 atom stereocenters. The number of hydrogen-bond acceptors (Lipinski definition) is 1. The van der Waals surface area contributed by atoms with Gasteiger partial charge in [0.1, 0.15) is 5.76 Å². The van der Waals surface area contributed by atoms with Crippen molar-refractivity contribution in [3.8, 4) is 0 Å². The minimum atomic E-state index is -0.819. The first-order valence-electron chi connectivity index (χ1n) is 5.37. The molecule has 0 aliphatic carbocycles. The van der Waals surface area contributed by atoms with Gasteiger partial charge in [0.15, 0.2) is 11.6 Å². The van der Waals surface area contributed by atoms with Crippen molar-refractivity contribution in [2.45, 2.75) is 20.3 Å². The van der Waals surface area contributed by atoms with Crippen LogP contribution in [0.15, 0.2) is 18.2 Å². The SMILES string of the molecule is Cc1ccc(C2=CCC(C)CO2)c(F)c1F. The molecule has 1 aromatic rings. The number of hydrogen-bond donors (Lipinski definition) is 0. The molecule has 1 aliphatic rings. The van der Waals surface area contributed by atoms with Gasteiger partial charge in [-0.1, -0.05) is 13.0 Å². The summed E-state index contributed by atoms with van der Waals surface area (Å²) in [4.78, 5) is 0. The molecule has 0 fully saturated rings. The third-order valence-corrected chi connectivity index (χ3v) is 2.77. The molecule has 0 saturated carbocycles. The molecule has 1 heterocycles. The predicted octanol–water partition coefficient (Wildman–Crippen LogP) is 3.67. The molecule has 0 radical (unpaired) electrons. The van der Waals surface area contributed by atoms with Gasteiger partial charge in [0, 0.05) is 0 Å². The van der Waals surface area contributed by atoms with Gasteiger partial charge in [0.2, 0.25) is 0 Å². The monoisotopic (exact) mass is 224 g/mol. The van der Waals surface area contributed by atoms with Gasteiger partial charge in [-0.05, 0) is 37.0 Å². The maximum atomic E-state index is 13.6. The summed E-state index contributed by atoms with van der Waals surface area (Å²) >= 11 is 0. The molecule has 16 heavy (non-hydrogen) atoms. The van der Waals surface area contributed by atoms with Crippen molar-refractivity contribution in [2.75, 3.05) is 6.61 Å². The van der Waals surface area contributed by atoms with E-state index in [0.717, 1.165) is 6.42 Å². The van der Waals surface area contributed by atoms with Crippen LogP contribution in [0, 0.1) is 24.5 Å². The molecule has 2 rings (SSSR count). The van der Waals surface area contributed by atoms with Crippen LogP contribution in [0.4, 0.5) is 8.78 Å². The molecule has 3 heteroatoms. The molecule has 1 unspecified atom stereocenters. The lowest BCUT2D eigenvalue weighted by Gasteiger charge is -2.20. The molecular weight excluding hydrogens is 210 g/mol. The molecule has 0 saturated heterocycles. The van der Waals surface area contributed by atoms with Crippen molar-refractivity contribution >= 4 is 5.76 Å². The fraction of sp³-hybridized carbons (Fsp3) is 0.385. The number of allylic oxidation sites excluding steroid dienone is 1. The highest BCUT2D eigenvalue weighted by atomic mass is 19.2. The number of rotatable bonds is 1. The lowest BCUT2D eigenvalue weighted by molar-refractivity contribution is 0.209. The molecule has 1 aromatic carbocycles. The predicted molar refractivity (Wildman–Crippen MR) is 58.8 cm³/mol. The van der Waals surface area contributed by atoms with Gasteiger partial charge < -0.3 is 4.74 Å². The maximum Gasteiger partial charge on any atom is 0.170 e. The minimum absolute atomic E-state index is 0.218. The Morgan fingerprint density at radius 3 is 2.62 bits per heavy atom. The van der Waals surface area contributed by atoms with E-state index in [4.69, 9.17) is 4.74 Å². The highest BCUT2D eigenvalue weighted by Gasteiger charge is 2.18. The minimum Gasteiger partial charge on any atom is -0.493 e. The zero-order valence-electron chi connectivity index (χ0n) is 9.39. The van der Waals surface area contributed by atoms with E-state index < -0.39 is 11.6 Å². The largest absolute Gasteiger partial charge is 0.493 e. The fourth-order valence-electron chi connectivity index (χ4n) is 1.69. The Labute approximate surface area is 93.7 Å². The summed E-state index contributed by atoms with van der Waals surface area (Å²) in [6.45, 7) is 4.15. The summed E-state index contributed by atoms with van der Waals surface area (Å²) in [5, 5.41) is 0. The normalized spacial score (nSPS) is 20.2. The second-order valence-corrected chi connectivity index (χ2v) is 4.28. The van der Waals surface area contributed by atoms with E-state index in [2.05, 4.69) is 6.92 Å². The Morgan fingerprint density at radius 1 is 1.25 bits per heavy atom. The standard InChI is InChI=1S/C13H14F2O/c1-8-3-6-11(16-7-8)10-5-4-9(2)12(14)13(10)15/h4-6,8H,3,7H2,1-2H3. The second-order valence-electron chi connectivity index (χ2n) is 4.28. The molecular formula is C13H14F2O. The van der Waals surface area contributed by atoms with Crippen LogP contribution in [-0.2, 0) is 4.74 Å². The average Bonchev–Trinajstić information content (AvgIpc) is 2.28. The summed E-state index contributed by atoms with van der Waals surface area (Å²) in [5.74, 6) is -0.724. The Balaban J connectivity index is 2.38. The first-order valence-corrected chi connectivity index (χ1v) is 5.37. The van der Waals surface area contributed by atoms with E-state index in [9.17, 15) is 8.78 Å². The van der Waals surface area contributed by atoms with Gasteiger partial charge in [-0.2, -0.15) is 0 Å². The fourth-order valence-corrected chi connectivity index (χ4v) is 1.69. The lowest BCUT2D eigenvalue weighted by atomic mass is 10.0. The molecule has 0 aromatic heterocycles. The van der Waals surface area contributed by atoms with E-state index in [1.807, 2.05) is 6.08 Å². The van der Waals surface area contributed by atoms with Crippen LogP contribution in [0.5, 0.6) is 0 Å². The van der Waals surface area contributed by atoms with Crippen LogP contribution in [-0.4, -0.2) is 6.61 Å². The summed E-state index contributed by atoms with van der Waals surface area (Å²) in [5.41, 5.74) is 0.529. The molecule has 0 N–H and O–H groups in total. The second kappa shape index (κ2) is 4.24. The van der Waals surface area contributed by atoms with E-state index in [1.54, 1.807) is 19.1 Å². The zero-order valence-corrected chi connectivity index (χ0v) is 9.39. The van der Waals surface area contributed by atoms with Crippen LogP contribution >= 0.6 is 0 Å². The quantitative estimate of drug-likeness (QED) is 0.707. The topological polar surface area (TPSA) is 9.23 Å². The van der Waals surface area contributed by atoms with Gasteiger partial charge in [0.25, 0.3) is 0 Å². The first-order chi connectivity index (χ1) is 7.59. The molecule has 1 aliphatic heterocycles. The lowest BCUT2D eigenvalue weighted by Crippen LogP contribution is -2.11. The summed E-state index contributed by atoms with van der Waals surface area (Å²) in [7, 11) is 0. The molecule has 0 amide bonds. The van der Waals surface area contributed by atoms with Crippen LogP contribution in [0.2, 0.25) is 0 Å². The maximum absolute atomic E-state index is 13.6. The summed E-state index contributed by atoms with van der Waals surface area (Å²) in [6.07, 6.45) is 2.66. The Bertz CT molecular complexity index is 438. The van der Waals surface area contributed by atoms with Gasteiger partial charge in [-0.3, -0.25) is 0 Å². The number of aryl methyl sites for hydroxylation is 1. The Morgan fingerprint density at radius 2 is 2.00 bits per heavy atom. The third kappa shape index (κ3) is 1.94. The van der Waals surface area contributed by atoms with Crippen LogP contribution in [0.25, 0.3) is 5.76 Å². The average molecular weight is 224 g/mol. The molecule has 0 bridgehead atoms. The van der Waals surface area contributed by atoms with Crippen molar-refractivity contribution in [1.82, 2.24) is 0 Å². The van der Waals surface area contributed by atoms with E-state index in [0.29, 0.717) is 23.8 Å². The van der Waals surface area contributed by atoms with E-state index >= 15 is 0 Å². The number of halogens is 2. The third-order valence-electron chi connectivity index (χ3n) is 2.77. The first kappa shape index (κ1) is 11.1. The zero-order chi connectivity index (χ0) is 11.7. The van der Waals surface area contributed by atoms with Gasteiger partial charge >= 0.3 is 0 Å². The summed E-state index contributed by atoms with van der Waals surface area (Å²) < 4.78 is 32.4.